The maximum Gasteiger partial charge on any atom is 0.410 e. The number of nitrogens with zero attached hydrogens (tertiary/aromatic N) is 3. The number of ether oxygens (including phenoxy) is 1. The van der Waals surface area contributed by atoms with E-state index >= 15 is 0 Å². The van der Waals surface area contributed by atoms with Crippen molar-refractivity contribution in [2.75, 3.05) is 6.54 Å². The van der Waals surface area contributed by atoms with Gasteiger partial charge in [-0.1, -0.05) is 5.16 Å². The van der Waals surface area contributed by atoms with Gasteiger partial charge >= 0.3 is 12.3 Å². The predicted octanol–water partition coefficient (Wildman–Crippen LogP) is 3.74. The Kier molecular flexibility index (Phi) is 3.80. The lowest BCUT2D eigenvalue weighted by atomic mass is 10.1. The van der Waals surface area contributed by atoms with Crippen LogP contribution >= 0.6 is 0 Å². The molecule has 1 atom stereocenters. The zero-order chi connectivity index (χ0) is 17.8. The van der Waals surface area contributed by atoms with Crippen molar-refractivity contribution in [3.63, 3.8) is 0 Å². The number of carbonyl (C=O) groups excluding carboxylic acids is 1. The molecule has 24 heavy (non-hydrogen) atoms. The van der Waals surface area contributed by atoms with Gasteiger partial charge in [0.25, 0.3) is 0 Å². The molecule has 9 heteroatoms. The van der Waals surface area contributed by atoms with Gasteiger partial charge in [-0.25, -0.2) is 4.79 Å². The lowest BCUT2D eigenvalue weighted by Crippen LogP contribution is -2.36. The van der Waals surface area contributed by atoms with Gasteiger partial charge in [0, 0.05) is 6.54 Å². The zero-order valence-electron chi connectivity index (χ0n) is 13.8. The van der Waals surface area contributed by atoms with E-state index in [9.17, 15) is 18.0 Å². The van der Waals surface area contributed by atoms with Crippen molar-refractivity contribution in [1.29, 1.82) is 0 Å². The smallest absolute Gasteiger partial charge is 0.410 e. The van der Waals surface area contributed by atoms with Crippen LogP contribution in [-0.2, 0) is 10.2 Å². The summed E-state index contributed by atoms with van der Waals surface area (Å²) >= 11 is 0. The standard InChI is InChI=1S/C15H20F3N3O3/c1-13(2,3)23-12(22)21-8-4-5-9(21)10-19-11(20-24-10)14(6-7-14)15(16,17)18/h9H,4-8H2,1-3H3. The lowest BCUT2D eigenvalue weighted by Gasteiger charge is -2.27. The van der Waals surface area contributed by atoms with E-state index in [-0.39, 0.29) is 24.6 Å². The summed E-state index contributed by atoms with van der Waals surface area (Å²) in [5.74, 6) is -0.287. The fourth-order valence-corrected chi connectivity index (χ4v) is 2.89. The third-order valence-corrected chi connectivity index (χ3v) is 4.33. The largest absolute Gasteiger partial charge is 0.444 e. The van der Waals surface area contributed by atoms with Gasteiger partial charge in [0.05, 0.1) is 0 Å². The van der Waals surface area contributed by atoms with Crippen LogP contribution in [0.5, 0.6) is 0 Å². The Morgan fingerprint density at radius 2 is 2.00 bits per heavy atom. The summed E-state index contributed by atoms with van der Waals surface area (Å²) in [6, 6.07) is -0.537. The molecule has 1 aliphatic heterocycles. The first-order valence-corrected chi connectivity index (χ1v) is 7.94. The number of rotatable bonds is 2. The predicted molar refractivity (Wildman–Crippen MR) is 76.2 cm³/mol. The van der Waals surface area contributed by atoms with Gasteiger partial charge in [0.1, 0.15) is 17.1 Å². The number of hydrogen-bond donors (Lipinski definition) is 0. The van der Waals surface area contributed by atoms with E-state index in [2.05, 4.69) is 10.1 Å². The zero-order valence-corrected chi connectivity index (χ0v) is 13.8. The number of aromatic nitrogens is 2. The van der Waals surface area contributed by atoms with Gasteiger partial charge in [0.15, 0.2) is 5.82 Å². The van der Waals surface area contributed by atoms with E-state index in [0.29, 0.717) is 19.4 Å². The molecule has 2 aliphatic rings. The maximum absolute atomic E-state index is 13.2. The Hall–Kier alpha value is -1.80. The molecule has 2 heterocycles. The van der Waals surface area contributed by atoms with Crippen LogP contribution in [0.15, 0.2) is 4.52 Å². The molecule has 0 radical (unpaired) electrons. The van der Waals surface area contributed by atoms with Crippen LogP contribution in [0.3, 0.4) is 0 Å². The Bertz CT molecular complexity index is 632. The van der Waals surface area contributed by atoms with Crippen LogP contribution in [0.1, 0.15) is 64.2 Å². The normalized spacial score (nSPS) is 23.4. The average Bonchev–Trinajstić information content (AvgIpc) is 2.92. The van der Waals surface area contributed by atoms with Crippen molar-refractivity contribution in [3.05, 3.63) is 11.7 Å². The highest BCUT2D eigenvalue weighted by molar-refractivity contribution is 5.69. The van der Waals surface area contributed by atoms with Gasteiger partial charge < -0.3 is 9.26 Å². The van der Waals surface area contributed by atoms with Crippen LogP contribution in [0.4, 0.5) is 18.0 Å². The number of amides is 1. The molecule has 1 amide bonds. The van der Waals surface area contributed by atoms with Crippen LogP contribution in [0, 0.1) is 0 Å². The summed E-state index contributed by atoms with van der Waals surface area (Å²) < 4.78 is 49.9. The van der Waals surface area contributed by atoms with Crippen LogP contribution in [0.2, 0.25) is 0 Å². The molecule has 0 N–H and O–H groups in total. The molecule has 3 rings (SSSR count). The second-order valence-corrected chi connectivity index (χ2v) is 7.37. The molecule has 1 saturated carbocycles. The molecule has 6 nitrogen and oxygen atoms in total. The average molecular weight is 347 g/mol. The SMILES string of the molecule is CC(C)(C)OC(=O)N1CCCC1c1nc(C2(C(F)(F)F)CC2)no1. The van der Waals surface area contributed by atoms with E-state index in [1.54, 1.807) is 20.8 Å². The van der Waals surface area contributed by atoms with Crippen molar-refractivity contribution in [3.8, 4) is 0 Å². The van der Waals surface area contributed by atoms with Crippen LogP contribution in [0.25, 0.3) is 0 Å². The number of halogens is 3. The minimum atomic E-state index is -4.39. The minimum absolute atomic E-state index is 0.0318. The molecule has 0 aromatic carbocycles. The molecule has 2 fully saturated rings. The molecule has 0 spiro atoms. The molecule has 1 aromatic rings. The number of hydrogen-bond acceptors (Lipinski definition) is 5. The number of likely N-dealkylation sites (tertiary alicyclic amines) is 1. The maximum atomic E-state index is 13.2. The van der Waals surface area contributed by atoms with E-state index in [1.807, 2.05) is 0 Å². The highest BCUT2D eigenvalue weighted by atomic mass is 19.4. The summed E-state index contributed by atoms with van der Waals surface area (Å²) in [6.07, 6.45) is -3.73. The number of carbonyl (C=O) groups is 1. The fourth-order valence-electron chi connectivity index (χ4n) is 2.89. The molecular formula is C15H20F3N3O3. The van der Waals surface area contributed by atoms with Gasteiger partial charge in [-0.3, -0.25) is 4.90 Å². The van der Waals surface area contributed by atoms with E-state index in [1.165, 1.54) is 4.90 Å². The van der Waals surface area contributed by atoms with Crippen LogP contribution < -0.4 is 0 Å². The summed E-state index contributed by atoms with van der Waals surface area (Å²) in [5.41, 5.74) is -2.64. The summed E-state index contributed by atoms with van der Waals surface area (Å²) in [6.45, 7) is 5.70. The van der Waals surface area contributed by atoms with Crippen molar-refractivity contribution in [2.24, 2.45) is 0 Å². The molecule has 1 aliphatic carbocycles. The molecule has 1 aromatic heterocycles. The quantitative estimate of drug-likeness (QED) is 0.815. The summed E-state index contributed by atoms with van der Waals surface area (Å²) in [5, 5.41) is 3.54. The molecule has 0 bridgehead atoms. The summed E-state index contributed by atoms with van der Waals surface area (Å²) in [7, 11) is 0. The van der Waals surface area contributed by atoms with Crippen LogP contribution in [-0.4, -0.2) is 39.5 Å². The Morgan fingerprint density at radius 1 is 1.33 bits per heavy atom. The summed E-state index contributed by atoms with van der Waals surface area (Å²) in [4.78, 5) is 17.7. The highest BCUT2D eigenvalue weighted by Gasteiger charge is 2.67. The van der Waals surface area contributed by atoms with E-state index < -0.39 is 29.3 Å². The first-order valence-electron chi connectivity index (χ1n) is 7.94. The molecule has 1 saturated heterocycles. The van der Waals surface area contributed by atoms with E-state index in [0.717, 1.165) is 0 Å². The lowest BCUT2D eigenvalue weighted by molar-refractivity contribution is -0.162. The topological polar surface area (TPSA) is 68.5 Å². The Labute approximate surface area is 137 Å². The fraction of sp³-hybridized carbons (Fsp3) is 0.800. The first kappa shape index (κ1) is 17.0. The molecular weight excluding hydrogens is 327 g/mol. The minimum Gasteiger partial charge on any atom is -0.444 e. The third-order valence-electron chi connectivity index (χ3n) is 4.33. The van der Waals surface area contributed by atoms with Crippen molar-refractivity contribution in [2.45, 2.75) is 69.7 Å². The van der Waals surface area contributed by atoms with Gasteiger partial charge in [-0.15, -0.1) is 0 Å². The van der Waals surface area contributed by atoms with Gasteiger partial charge in [-0.2, -0.15) is 18.2 Å². The van der Waals surface area contributed by atoms with Gasteiger partial charge in [0.2, 0.25) is 5.89 Å². The second-order valence-electron chi connectivity index (χ2n) is 7.37. The number of alkyl halides is 3. The monoisotopic (exact) mass is 347 g/mol. The van der Waals surface area contributed by atoms with Crippen molar-refractivity contribution in [1.82, 2.24) is 15.0 Å². The van der Waals surface area contributed by atoms with Gasteiger partial charge in [-0.05, 0) is 46.5 Å². The van der Waals surface area contributed by atoms with Crippen molar-refractivity contribution >= 4 is 6.09 Å². The Morgan fingerprint density at radius 3 is 2.54 bits per heavy atom. The second kappa shape index (κ2) is 5.35. The first-order chi connectivity index (χ1) is 11.0. The molecule has 1 unspecified atom stereocenters. The Balaban J connectivity index is 1.79. The van der Waals surface area contributed by atoms with Crippen molar-refractivity contribution < 1.29 is 27.2 Å². The van der Waals surface area contributed by atoms with E-state index in [4.69, 9.17) is 9.26 Å². The highest BCUT2D eigenvalue weighted by Crippen LogP contribution is 2.58. The molecule has 134 valence electrons. The third kappa shape index (κ3) is 2.95.